The molecule has 0 bridgehead atoms. The van der Waals surface area contributed by atoms with Gasteiger partial charge < -0.3 is 0 Å². The van der Waals surface area contributed by atoms with Crippen LogP contribution in [0.5, 0.6) is 0 Å². The summed E-state index contributed by atoms with van der Waals surface area (Å²) in [5.41, 5.74) is 2.49. The molecular formula is C10H10BrF. The molecule has 0 N–H and O–H groups in total. The standard InChI is InChI=1S/C10H10BrF/c1-6-2-3-7-4-10(12)9(11)5-8(6)7/h4-6H,2-3H2,1H3. The summed E-state index contributed by atoms with van der Waals surface area (Å²) >= 11 is 3.20. The molecular weight excluding hydrogens is 219 g/mol. The fraction of sp³-hybridized carbons (Fsp3) is 0.400. The minimum atomic E-state index is -0.136. The van der Waals surface area contributed by atoms with Crippen LogP contribution in [0.15, 0.2) is 16.6 Å². The third-order valence-electron chi connectivity index (χ3n) is 2.56. The predicted octanol–water partition coefficient (Wildman–Crippen LogP) is 3.64. The highest BCUT2D eigenvalue weighted by Crippen LogP contribution is 2.35. The Kier molecular flexibility index (Phi) is 1.95. The van der Waals surface area contributed by atoms with E-state index in [4.69, 9.17) is 0 Å². The van der Waals surface area contributed by atoms with Crippen molar-refractivity contribution in [3.8, 4) is 0 Å². The number of rotatable bonds is 0. The van der Waals surface area contributed by atoms with Gasteiger partial charge in [-0.15, -0.1) is 0 Å². The molecule has 1 aliphatic carbocycles. The smallest absolute Gasteiger partial charge is 0.137 e. The molecule has 2 heteroatoms. The van der Waals surface area contributed by atoms with Gasteiger partial charge in [0.05, 0.1) is 4.47 Å². The molecule has 0 nitrogen and oxygen atoms in total. The quantitative estimate of drug-likeness (QED) is 0.637. The van der Waals surface area contributed by atoms with E-state index in [0.717, 1.165) is 12.8 Å². The fourth-order valence-electron chi connectivity index (χ4n) is 1.81. The summed E-state index contributed by atoms with van der Waals surface area (Å²) in [5.74, 6) is 0.458. The summed E-state index contributed by atoms with van der Waals surface area (Å²) in [7, 11) is 0. The molecule has 1 atom stereocenters. The van der Waals surface area contributed by atoms with Crippen LogP contribution in [-0.4, -0.2) is 0 Å². The van der Waals surface area contributed by atoms with Gasteiger partial charge in [-0.25, -0.2) is 4.39 Å². The first-order valence-electron chi connectivity index (χ1n) is 4.16. The Balaban J connectivity index is 2.56. The maximum atomic E-state index is 13.1. The van der Waals surface area contributed by atoms with E-state index in [-0.39, 0.29) is 5.82 Å². The Morgan fingerprint density at radius 1 is 1.50 bits per heavy atom. The molecule has 0 amide bonds. The molecule has 0 heterocycles. The van der Waals surface area contributed by atoms with Crippen LogP contribution in [0.1, 0.15) is 30.4 Å². The van der Waals surface area contributed by atoms with Crippen LogP contribution in [0.4, 0.5) is 4.39 Å². The van der Waals surface area contributed by atoms with E-state index < -0.39 is 0 Å². The molecule has 1 unspecified atom stereocenters. The molecule has 64 valence electrons. The minimum absolute atomic E-state index is 0.136. The first-order chi connectivity index (χ1) is 5.68. The Hall–Kier alpha value is -0.370. The van der Waals surface area contributed by atoms with E-state index in [1.807, 2.05) is 6.07 Å². The SMILES string of the molecule is CC1CCc2cc(F)c(Br)cc21. The molecule has 0 radical (unpaired) electrons. The van der Waals surface area contributed by atoms with Crippen LogP contribution in [0.2, 0.25) is 0 Å². The van der Waals surface area contributed by atoms with Crippen molar-refractivity contribution < 1.29 is 4.39 Å². The van der Waals surface area contributed by atoms with E-state index >= 15 is 0 Å². The Morgan fingerprint density at radius 3 is 3.00 bits per heavy atom. The van der Waals surface area contributed by atoms with Gasteiger partial charge in [-0.2, -0.15) is 0 Å². The van der Waals surface area contributed by atoms with Crippen molar-refractivity contribution >= 4 is 15.9 Å². The van der Waals surface area contributed by atoms with Gasteiger partial charge in [-0.05, 0) is 57.9 Å². The lowest BCUT2D eigenvalue weighted by atomic mass is 10.0. The highest BCUT2D eigenvalue weighted by molar-refractivity contribution is 9.10. The van der Waals surface area contributed by atoms with E-state index in [1.165, 1.54) is 11.1 Å². The molecule has 2 rings (SSSR count). The highest BCUT2D eigenvalue weighted by Gasteiger charge is 2.19. The molecule has 1 aromatic rings. The van der Waals surface area contributed by atoms with Crippen LogP contribution in [-0.2, 0) is 6.42 Å². The van der Waals surface area contributed by atoms with Gasteiger partial charge in [0.25, 0.3) is 0 Å². The van der Waals surface area contributed by atoms with Gasteiger partial charge in [0, 0.05) is 0 Å². The summed E-state index contributed by atoms with van der Waals surface area (Å²) in [4.78, 5) is 0. The molecule has 1 aliphatic rings. The number of halogens is 2. The predicted molar refractivity (Wildman–Crippen MR) is 50.8 cm³/mol. The van der Waals surface area contributed by atoms with E-state index in [0.29, 0.717) is 10.4 Å². The van der Waals surface area contributed by atoms with Crippen molar-refractivity contribution in [3.63, 3.8) is 0 Å². The Bertz CT molecular complexity index is 320. The number of hydrogen-bond donors (Lipinski definition) is 0. The molecule has 0 aliphatic heterocycles. The monoisotopic (exact) mass is 228 g/mol. The normalized spacial score (nSPS) is 21.1. The third kappa shape index (κ3) is 1.18. The maximum absolute atomic E-state index is 13.1. The number of benzene rings is 1. The zero-order chi connectivity index (χ0) is 8.72. The van der Waals surface area contributed by atoms with Crippen molar-refractivity contribution in [2.45, 2.75) is 25.7 Å². The van der Waals surface area contributed by atoms with Gasteiger partial charge in [0.1, 0.15) is 5.82 Å². The minimum Gasteiger partial charge on any atom is -0.206 e. The molecule has 0 saturated carbocycles. The largest absolute Gasteiger partial charge is 0.206 e. The Morgan fingerprint density at radius 2 is 2.25 bits per heavy atom. The Labute approximate surface area is 79.9 Å². The maximum Gasteiger partial charge on any atom is 0.137 e. The second-order valence-electron chi connectivity index (χ2n) is 3.40. The zero-order valence-electron chi connectivity index (χ0n) is 6.90. The van der Waals surface area contributed by atoms with E-state index in [1.54, 1.807) is 6.07 Å². The summed E-state index contributed by atoms with van der Waals surface area (Å²) in [6.45, 7) is 2.19. The average Bonchev–Trinajstić information content (AvgIpc) is 2.35. The fourth-order valence-corrected chi connectivity index (χ4v) is 2.17. The molecule has 0 saturated heterocycles. The lowest BCUT2D eigenvalue weighted by molar-refractivity contribution is 0.619. The lowest BCUT2D eigenvalue weighted by Crippen LogP contribution is -1.88. The van der Waals surface area contributed by atoms with Crippen molar-refractivity contribution in [3.05, 3.63) is 33.5 Å². The average molecular weight is 229 g/mol. The van der Waals surface area contributed by atoms with Gasteiger partial charge >= 0.3 is 0 Å². The van der Waals surface area contributed by atoms with Gasteiger partial charge in [0.2, 0.25) is 0 Å². The van der Waals surface area contributed by atoms with Crippen molar-refractivity contribution in [2.75, 3.05) is 0 Å². The highest BCUT2D eigenvalue weighted by atomic mass is 79.9. The van der Waals surface area contributed by atoms with Crippen LogP contribution >= 0.6 is 15.9 Å². The molecule has 1 aromatic carbocycles. The van der Waals surface area contributed by atoms with Gasteiger partial charge in [-0.3, -0.25) is 0 Å². The van der Waals surface area contributed by atoms with Gasteiger partial charge in [-0.1, -0.05) is 6.92 Å². The molecule has 0 fully saturated rings. The summed E-state index contributed by atoms with van der Waals surface area (Å²) in [5, 5.41) is 0. The number of hydrogen-bond acceptors (Lipinski definition) is 0. The van der Waals surface area contributed by atoms with Crippen molar-refractivity contribution in [1.82, 2.24) is 0 Å². The topological polar surface area (TPSA) is 0 Å². The number of fused-ring (bicyclic) bond motifs is 1. The van der Waals surface area contributed by atoms with Crippen LogP contribution in [0.25, 0.3) is 0 Å². The van der Waals surface area contributed by atoms with Crippen molar-refractivity contribution in [1.29, 1.82) is 0 Å². The van der Waals surface area contributed by atoms with Crippen molar-refractivity contribution in [2.24, 2.45) is 0 Å². The van der Waals surface area contributed by atoms with Crippen LogP contribution < -0.4 is 0 Å². The van der Waals surface area contributed by atoms with Crippen LogP contribution in [0, 0.1) is 5.82 Å². The molecule has 12 heavy (non-hydrogen) atoms. The first-order valence-corrected chi connectivity index (χ1v) is 4.95. The second kappa shape index (κ2) is 2.84. The van der Waals surface area contributed by atoms with E-state index in [9.17, 15) is 4.39 Å². The summed E-state index contributed by atoms with van der Waals surface area (Å²) < 4.78 is 13.6. The second-order valence-corrected chi connectivity index (χ2v) is 4.26. The number of aryl methyl sites for hydroxylation is 1. The molecule has 0 aromatic heterocycles. The zero-order valence-corrected chi connectivity index (χ0v) is 8.49. The third-order valence-corrected chi connectivity index (χ3v) is 3.17. The lowest BCUT2D eigenvalue weighted by Gasteiger charge is -2.04. The first kappa shape index (κ1) is 8.24. The van der Waals surface area contributed by atoms with Gasteiger partial charge in [0.15, 0.2) is 0 Å². The van der Waals surface area contributed by atoms with Crippen LogP contribution in [0.3, 0.4) is 0 Å². The molecule has 0 spiro atoms. The summed E-state index contributed by atoms with van der Waals surface area (Å²) in [6.07, 6.45) is 2.19. The van der Waals surface area contributed by atoms with E-state index in [2.05, 4.69) is 22.9 Å². The summed E-state index contributed by atoms with van der Waals surface area (Å²) in [6, 6.07) is 3.57.